The number of benzene rings is 5. The normalized spacial score (nSPS) is 10.6. The summed E-state index contributed by atoms with van der Waals surface area (Å²) in [6, 6.07) is 59.5. The fourth-order valence-corrected chi connectivity index (χ4v) is 6.13. The third kappa shape index (κ3) is 7.03. The van der Waals surface area contributed by atoms with Crippen molar-refractivity contribution in [1.29, 1.82) is 0 Å². The molecule has 5 aromatic carbocycles. The van der Waals surface area contributed by atoms with Gasteiger partial charge in [0.1, 0.15) is 23.9 Å². The number of aryl methyl sites for hydroxylation is 1. The fraction of sp³-hybridized carbons (Fsp3) is 0.0217. The van der Waals surface area contributed by atoms with Crippen molar-refractivity contribution in [1.82, 2.24) is 9.97 Å². The van der Waals surface area contributed by atoms with Crippen LogP contribution in [0.25, 0.3) is 77.6 Å². The van der Waals surface area contributed by atoms with Crippen LogP contribution in [0.2, 0.25) is 0 Å². The summed E-state index contributed by atoms with van der Waals surface area (Å²) in [6.07, 6.45) is 5.60. The Morgan fingerprint density at radius 3 is 1.63 bits per heavy atom. The van der Waals surface area contributed by atoms with Crippen molar-refractivity contribution >= 4 is 43.9 Å². The molecular formula is C46H31IrN3O2+. The van der Waals surface area contributed by atoms with Gasteiger partial charge in [-0.15, -0.1) is 72.3 Å². The van der Waals surface area contributed by atoms with E-state index in [9.17, 15) is 0 Å². The average molecular weight is 850 g/mol. The molecule has 52 heavy (non-hydrogen) atoms. The molecule has 0 aliphatic heterocycles. The molecule has 0 spiro atoms. The molecule has 0 saturated heterocycles. The molecule has 0 amide bonds. The van der Waals surface area contributed by atoms with Crippen molar-refractivity contribution < 1.29 is 33.5 Å². The van der Waals surface area contributed by atoms with Crippen LogP contribution < -0.4 is 4.57 Å². The molecule has 6 heteroatoms. The Morgan fingerprint density at radius 1 is 0.481 bits per heavy atom. The minimum atomic E-state index is 0. The first-order valence-electron chi connectivity index (χ1n) is 16.6. The van der Waals surface area contributed by atoms with E-state index in [1.54, 1.807) is 12.4 Å². The van der Waals surface area contributed by atoms with Crippen LogP contribution in [0.3, 0.4) is 0 Å². The van der Waals surface area contributed by atoms with E-state index in [1.165, 1.54) is 0 Å². The molecule has 0 fully saturated rings. The molecule has 5 nitrogen and oxygen atoms in total. The molecule has 5 heterocycles. The Kier molecular flexibility index (Phi) is 10.4. The zero-order chi connectivity index (χ0) is 34.4. The monoisotopic (exact) mass is 850 g/mol. The van der Waals surface area contributed by atoms with Gasteiger partial charge in [0.15, 0.2) is 6.20 Å². The molecule has 5 aromatic heterocycles. The summed E-state index contributed by atoms with van der Waals surface area (Å²) in [7, 11) is 2.03. The van der Waals surface area contributed by atoms with Crippen LogP contribution in [0.1, 0.15) is 0 Å². The van der Waals surface area contributed by atoms with E-state index in [4.69, 9.17) is 8.83 Å². The maximum absolute atomic E-state index is 6.05. The van der Waals surface area contributed by atoms with Crippen LogP contribution in [0.5, 0.6) is 0 Å². The van der Waals surface area contributed by atoms with Crippen molar-refractivity contribution in [2.45, 2.75) is 0 Å². The van der Waals surface area contributed by atoms with Crippen molar-refractivity contribution in [3.05, 3.63) is 188 Å². The molecule has 0 N–H and O–H groups in total. The number of rotatable bonds is 3. The van der Waals surface area contributed by atoms with Crippen molar-refractivity contribution in [2.75, 3.05) is 0 Å². The average Bonchev–Trinajstić information content (AvgIpc) is 3.79. The summed E-state index contributed by atoms with van der Waals surface area (Å²) >= 11 is 0. The molecule has 0 aliphatic carbocycles. The molecule has 0 saturated carbocycles. The molecular weight excluding hydrogens is 819 g/mol. The van der Waals surface area contributed by atoms with E-state index in [-0.39, 0.29) is 20.1 Å². The van der Waals surface area contributed by atoms with E-state index in [0.29, 0.717) is 0 Å². The first-order valence-corrected chi connectivity index (χ1v) is 16.6. The fourth-order valence-electron chi connectivity index (χ4n) is 6.13. The van der Waals surface area contributed by atoms with Gasteiger partial charge in [0.05, 0.1) is 11.2 Å². The minimum Gasteiger partial charge on any atom is -0.501 e. The van der Waals surface area contributed by atoms with Crippen LogP contribution >= 0.6 is 0 Å². The third-order valence-electron chi connectivity index (χ3n) is 8.56. The number of hydrogen-bond donors (Lipinski definition) is 0. The smallest absolute Gasteiger partial charge is 0.501 e. The maximum atomic E-state index is 6.05. The van der Waals surface area contributed by atoms with Gasteiger partial charge in [-0.25, -0.2) is 4.57 Å². The predicted molar refractivity (Wildman–Crippen MR) is 203 cm³/mol. The van der Waals surface area contributed by atoms with Crippen LogP contribution in [-0.2, 0) is 27.2 Å². The van der Waals surface area contributed by atoms with E-state index in [2.05, 4.69) is 57.0 Å². The Hall–Kier alpha value is -6.20. The number of nitrogens with zero attached hydrogens (tertiary/aromatic N) is 3. The third-order valence-corrected chi connectivity index (χ3v) is 8.56. The summed E-state index contributed by atoms with van der Waals surface area (Å²) in [5.74, 6) is 0. The van der Waals surface area contributed by atoms with Crippen molar-refractivity contribution in [3.63, 3.8) is 0 Å². The molecule has 250 valence electrons. The summed E-state index contributed by atoms with van der Waals surface area (Å²) in [5, 5.41) is 4.52. The molecule has 0 atom stereocenters. The number of fused-ring (bicyclic) bond motifs is 6. The number of para-hydroxylation sites is 2. The second kappa shape index (κ2) is 15.8. The first-order chi connectivity index (χ1) is 25.2. The van der Waals surface area contributed by atoms with E-state index in [1.807, 2.05) is 141 Å². The number of furan rings is 2. The summed E-state index contributed by atoms with van der Waals surface area (Å²) < 4.78 is 14.1. The molecule has 0 unspecified atom stereocenters. The molecule has 0 bridgehead atoms. The van der Waals surface area contributed by atoms with Gasteiger partial charge >= 0.3 is 20.1 Å². The zero-order valence-electron chi connectivity index (χ0n) is 28.2. The standard InChI is InChI=1S/C18H13NO.C17H10NO.C11H8N.Ir/c1-19-12-5-4-10-16(19)15-9-6-8-14-13-7-2-3-11-17(13)20-18(14)15;1-2-10-16-12(6-1)13-7-5-8-14(17(13)19-16)15-9-3-4-11-18-15;1-2-6-10(7-3-1)11-8-4-5-9-12-11;/h2-8,10-12H,1H3;1-7,9-11H;1-6,8-9H;/q;2*-1;+3. The maximum Gasteiger partial charge on any atom is 3.00 e. The van der Waals surface area contributed by atoms with Gasteiger partial charge in [0, 0.05) is 29.2 Å². The predicted octanol–water partition coefficient (Wildman–Crippen LogP) is 10.9. The van der Waals surface area contributed by atoms with Crippen molar-refractivity contribution in [3.8, 4) is 33.8 Å². The molecule has 0 radical (unpaired) electrons. The molecule has 10 rings (SSSR count). The van der Waals surface area contributed by atoms with Crippen LogP contribution in [0, 0.1) is 18.2 Å². The van der Waals surface area contributed by atoms with Crippen molar-refractivity contribution in [2.24, 2.45) is 7.05 Å². The second-order valence-corrected chi connectivity index (χ2v) is 11.8. The quantitative estimate of drug-likeness (QED) is 0.131. The zero-order valence-corrected chi connectivity index (χ0v) is 30.6. The van der Waals surface area contributed by atoms with Gasteiger partial charge in [0.2, 0.25) is 0 Å². The van der Waals surface area contributed by atoms with Crippen LogP contribution in [0.4, 0.5) is 0 Å². The summed E-state index contributed by atoms with van der Waals surface area (Å²) in [5.41, 5.74) is 9.46. The topological polar surface area (TPSA) is 55.9 Å². The summed E-state index contributed by atoms with van der Waals surface area (Å²) in [6.45, 7) is 0. The number of aromatic nitrogens is 3. The number of pyridine rings is 3. The van der Waals surface area contributed by atoms with E-state index < -0.39 is 0 Å². The van der Waals surface area contributed by atoms with E-state index >= 15 is 0 Å². The Labute approximate surface area is 315 Å². The van der Waals surface area contributed by atoms with Gasteiger partial charge in [-0.1, -0.05) is 83.1 Å². The van der Waals surface area contributed by atoms with Gasteiger partial charge in [-0.3, -0.25) is 0 Å². The van der Waals surface area contributed by atoms with E-state index in [0.717, 1.165) is 77.6 Å². The SMILES string of the molecule is C[n+]1ccccc1-c1[c-]ccc2c1oc1ccccc12.[Ir+3].[c-]1ccc2c(oc3ccccc32)c1-c1ccccn1.[c-]1ccccc1-c1ccccn1. The van der Waals surface area contributed by atoms with Crippen LogP contribution in [0.15, 0.2) is 179 Å². The largest absolute Gasteiger partial charge is 3.00 e. The second-order valence-electron chi connectivity index (χ2n) is 11.8. The van der Waals surface area contributed by atoms with Gasteiger partial charge in [0.25, 0.3) is 0 Å². The van der Waals surface area contributed by atoms with Gasteiger partial charge < -0.3 is 18.8 Å². The van der Waals surface area contributed by atoms with Gasteiger partial charge in [-0.05, 0) is 47.3 Å². The molecule has 10 aromatic rings. The van der Waals surface area contributed by atoms with Crippen LogP contribution in [-0.4, -0.2) is 9.97 Å². The Morgan fingerprint density at radius 2 is 1.04 bits per heavy atom. The Bertz CT molecular complexity index is 2670. The summed E-state index contributed by atoms with van der Waals surface area (Å²) in [4.78, 5) is 8.60. The first kappa shape index (κ1) is 34.3. The Balaban J connectivity index is 0.000000124. The van der Waals surface area contributed by atoms with Gasteiger partial charge in [-0.2, -0.15) is 0 Å². The number of hydrogen-bond acceptors (Lipinski definition) is 4. The molecule has 0 aliphatic rings. The minimum absolute atomic E-state index is 0.